The fourth-order valence-electron chi connectivity index (χ4n) is 1.80. The van der Waals surface area contributed by atoms with Crippen LogP contribution < -0.4 is 11.3 Å². The van der Waals surface area contributed by atoms with E-state index >= 15 is 0 Å². The number of rotatable bonds is 10. The molecule has 3 N–H and O–H groups in total. The van der Waals surface area contributed by atoms with Crippen LogP contribution in [0.4, 0.5) is 0 Å². The van der Waals surface area contributed by atoms with Crippen molar-refractivity contribution in [2.45, 2.75) is 59.4 Å². The first kappa shape index (κ1) is 18.2. The first-order chi connectivity index (χ1) is 9.21. The third kappa shape index (κ3) is 8.06. The average molecular weight is 272 g/mol. The van der Waals surface area contributed by atoms with E-state index in [1.165, 1.54) is 6.42 Å². The van der Waals surface area contributed by atoms with E-state index in [4.69, 9.17) is 10.6 Å². The van der Waals surface area contributed by atoms with Crippen molar-refractivity contribution < 1.29 is 4.74 Å². The number of nitrogens with one attached hydrogen (secondary N) is 1. The van der Waals surface area contributed by atoms with Crippen LogP contribution in [0.3, 0.4) is 0 Å². The average Bonchev–Trinajstić information content (AvgIpc) is 2.44. The molecule has 0 aromatic heterocycles. The van der Waals surface area contributed by atoms with Gasteiger partial charge in [-0.05, 0) is 33.1 Å². The Hall–Kier alpha value is -0.810. The van der Waals surface area contributed by atoms with Crippen LogP contribution in [-0.4, -0.2) is 43.2 Å². The van der Waals surface area contributed by atoms with E-state index in [1.807, 2.05) is 6.92 Å². The van der Waals surface area contributed by atoms with Crippen LogP contribution in [0.5, 0.6) is 0 Å². The Morgan fingerprint density at radius 3 is 2.58 bits per heavy atom. The van der Waals surface area contributed by atoms with Crippen molar-refractivity contribution >= 4 is 5.96 Å². The van der Waals surface area contributed by atoms with Gasteiger partial charge in [0.2, 0.25) is 5.96 Å². The maximum Gasteiger partial charge on any atom is 0.208 e. The van der Waals surface area contributed by atoms with E-state index in [-0.39, 0.29) is 0 Å². The Morgan fingerprint density at radius 2 is 2.05 bits per heavy atom. The molecular weight excluding hydrogens is 240 g/mol. The number of unbranched alkanes of at least 4 members (excludes halogenated alkanes) is 1. The second-order valence-electron chi connectivity index (χ2n) is 4.70. The highest BCUT2D eigenvalue weighted by Gasteiger charge is 2.15. The number of aliphatic imine (C=N–C) groups is 1. The quantitative estimate of drug-likeness (QED) is 0.210. The molecule has 114 valence electrons. The lowest BCUT2D eigenvalue weighted by Gasteiger charge is -2.31. The number of hydrazine groups is 1. The molecule has 5 nitrogen and oxygen atoms in total. The maximum atomic E-state index is 5.63. The first-order valence-electron chi connectivity index (χ1n) is 7.56. The third-order valence-corrected chi connectivity index (χ3v) is 3.19. The molecule has 1 atom stereocenters. The predicted octanol–water partition coefficient (Wildman–Crippen LogP) is 2.13. The molecule has 0 radical (unpaired) electrons. The van der Waals surface area contributed by atoms with Crippen LogP contribution in [0.15, 0.2) is 4.99 Å². The van der Waals surface area contributed by atoms with Crippen molar-refractivity contribution in [2.24, 2.45) is 10.8 Å². The van der Waals surface area contributed by atoms with Gasteiger partial charge in [0.05, 0.1) is 0 Å². The molecule has 0 amide bonds. The largest absolute Gasteiger partial charge is 0.382 e. The molecule has 0 bridgehead atoms. The molecule has 0 aromatic rings. The van der Waals surface area contributed by atoms with Crippen LogP contribution >= 0.6 is 0 Å². The van der Waals surface area contributed by atoms with Crippen molar-refractivity contribution in [1.29, 1.82) is 0 Å². The fourth-order valence-corrected chi connectivity index (χ4v) is 1.80. The molecule has 0 rings (SSSR count). The second-order valence-corrected chi connectivity index (χ2v) is 4.70. The minimum Gasteiger partial charge on any atom is -0.382 e. The van der Waals surface area contributed by atoms with Crippen molar-refractivity contribution in [1.82, 2.24) is 10.3 Å². The van der Waals surface area contributed by atoms with Gasteiger partial charge < -0.3 is 9.64 Å². The van der Waals surface area contributed by atoms with Crippen molar-refractivity contribution in [3.8, 4) is 0 Å². The molecule has 0 heterocycles. The van der Waals surface area contributed by atoms with E-state index in [2.05, 4.69) is 36.1 Å². The van der Waals surface area contributed by atoms with E-state index in [9.17, 15) is 0 Å². The van der Waals surface area contributed by atoms with Gasteiger partial charge in [0.1, 0.15) is 0 Å². The van der Waals surface area contributed by atoms with Crippen LogP contribution in [-0.2, 0) is 4.74 Å². The Bertz CT molecular complexity index is 233. The number of nitrogens with zero attached hydrogens (tertiary/aromatic N) is 2. The van der Waals surface area contributed by atoms with E-state index in [0.717, 1.165) is 51.5 Å². The summed E-state index contributed by atoms with van der Waals surface area (Å²) in [7, 11) is 0. The van der Waals surface area contributed by atoms with Crippen molar-refractivity contribution in [3.63, 3.8) is 0 Å². The number of hydrogen-bond acceptors (Lipinski definition) is 3. The fraction of sp³-hybridized carbons (Fsp3) is 0.929. The minimum atomic E-state index is 0.452. The first-order valence-corrected chi connectivity index (χ1v) is 7.56. The summed E-state index contributed by atoms with van der Waals surface area (Å²) in [5, 5.41) is 0. The van der Waals surface area contributed by atoms with Crippen LogP contribution in [0, 0.1) is 0 Å². The SMILES string of the molecule is CCCCN(C(=NCCCOCC)NN)C(C)CC. The Kier molecular flexibility index (Phi) is 11.7. The molecule has 0 aliphatic carbocycles. The van der Waals surface area contributed by atoms with Gasteiger partial charge in [-0.25, -0.2) is 5.84 Å². The highest BCUT2D eigenvalue weighted by Crippen LogP contribution is 2.06. The van der Waals surface area contributed by atoms with Gasteiger partial charge in [0.25, 0.3) is 0 Å². The molecule has 1 unspecified atom stereocenters. The lowest BCUT2D eigenvalue weighted by molar-refractivity contribution is 0.146. The standard InChI is InChI=1S/C14H32N4O/c1-5-8-11-18(13(4)6-2)14(17-15)16-10-9-12-19-7-3/h13H,5-12,15H2,1-4H3,(H,16,17). The summed E-state index contributed by atoms with van der Waals surface area (Å²) >= 11 is 0. The van der Waals surface area contributed by atoms with E-state index < -0.39 is 0 Å². The summed E-state index contributed by atoms with van der Waals surface area (Å²) in [6.45, 7) is 11.9. The summed E-state index contributed by atoms with van der Waals surface area (Å²) in [5.74, 6) is 6.43. The normalized spacial score (nSPS) is 13.4. The highest BCUT2D eigenvalue weighted by atomic mass is 16.5. The van der Waals surface area contributed by atoms with Crippen molar-refractivity contribution in [3.05, 3.63) is 0 Å². The molecular formula is C14H32N4O. The number of nitrogens with two attached hydrogens (primary N) is 1. The highest BCUT2D eigenvalue weighted by molar-refractivity contribution is 5.79. The van der Waals surface area contributed by atoms with Gasteiger partial charge in [-0.3, -0.25) is 10.4 Å². The van der Waals surface area contributed by atoms with Gasteiger partial charge in [0, 0.05) is 32.3 Å². The summed E-state index contributed by atoms with van der Waals surface area (Å²) in [5.41, 5.74) is 2.75. The summed E-state index contributed by atoms with van der Waals surface area (Å²) in [6, 6.07) is 0.452. The zero-order valence-electron chi connectivity index (χ0n) is 13.1. The number of hydrogen-bond donors (Lipinski definition) is 2. The zero-order chi connectivity index (χ0) is 14.5. The Morgan fingerprint density at radius 1 is 1.32 bits per heavy atom. The number of ether oxygens (including phenoxy) is 1. The van der Waals surface area contributed by atoms with Gasteiger partial charge >= 0.3 is 0 Å². The predicted molar refractivity (Wildman–Crippen MR) is 82.1 cm³/mol. The lowest BCUT2D eigenvalue weighted by atomic mass is 10.2. The molecule has 0 aliphatic heterocycles. The Balaban J connectivity index is 4.40. The maximum absolute atomic E-state index is 5.63. The summed E-state index contributed by atoms with van der Waals surface area (Å²) in [6.07, 6.45) is 4.35. The third-order valence-electron chi connectivity index (χ3n) is 3.19. The summed E-state index contributed by atoms with van der Waals surface area (Å²) < 4.78 is 5.31. The van der Waals surface area contributed by atoms with E-state index in [0.29, 0.717) is 6.04 Å². The van der Waals surface area contributed by atoms with E-state index in [1.54, 1.807) is 0 Å². The zero-order valence-corrected chi connectivity index (χ0v) is 13.1. The molecule has 0 aromatic carbocycles. The van der Waals surface area contributed by atoms with Crippen LogP contribution in [0.25, 0.3) is 0 Å². The monoisotopic (exact) mass is 272 g/mol. The molecule has 19 heavy (non-hydrogen) atoms. The second kappa shape index (κ2) is 12.2. The van der Waals surface area contributed by atoms with Gasteiger partial charge in [-0.2, -0.15) is 0 Å². The Labute approximate surface area is 118 Å². The topological polar surface area (TPSA) is 62.9 Å². The smallest absolute Gasteiger partial charge is 0.208 e. The molecule has 0 spiro atoms. The summed E-state index contributed by atoms with van der Waals surface area (Å²) in [4.78, 5) is 6.83. The molecule has 0 aliphatic rings. The molecule has 0 fully saturated rings. The van der Waals surface area contributed by atoms with Crippen molar-refractivity contribution in [2.75, 3.05) is 26.3 Å². The molecule has 0 saturated carbocycles. The number of guanidine groups is 1. The molecule has 5 heteroatoms. The van der Waals surface area contributed by atoms with Crippen LogP contribution in [0.1, 0.15) is 53.4 Å². The van der Waals surface area contributed by atoms with Gasteiger partial charge in [0.15, 0.2) is 0 Å². The minimum absolute atomic E-state index is 0.452. The molecule has 0 saturated heterocycles. The van der Waals surface area contributed by atoms with Gasteiger partial charge in [-0.15, -0.1) is 0 Å². The van der Waals surface area contributed by atoms with Crippen LogP contribution in [0.2, 0.25) is 0 Å². The lowest BCUT2D eigenvalue weighted by Crippen LogP contribution is -2.49. The van der Waals surface area contributed by atoms with Gasteiger partial charge in [-0.1, -0.05) is 20.3 Å².